The van der Waals surface area contributed by atoms with Gasteiger partial charge in [0.15, 0.2) is 10.8 Å². The number of amides is 1. The largest absolute Gasteiger partial charge is 0.477 e. The van der Waals surface area contributed by atoms with Gasteiger partial charge in [-0.05, 0) is 25.5 Å². The maximum absolute atomic E-state index is 12.9. The summed E-state index contributed by atoms with van der Waals surface area (Å²) < 4.78 is 5.45. The molecule has 0 bridgehead atoms. The third-order valence-corrected chi connectivity index (χ3v) is 6.85. The number of aryl methyl sites for hydroxylation is 2. The van der Waals surface area contributed by atoms with E-state index in [-0.39, 0.29) is 22.8 Å². The van der Waals surface area contributed by atoms with Crippen LogP contribution in [0.2, 0.25) is 0 Å². The number of thiazole rings is 1. The number of carboxylic acid groups (broad SMARTS) is 1. The molecule has 4 aromatic heterocycles. The normalized spacial score (nSPS) is 13.8. The van der Waals surface area contributed by atoms with Crippen LogP contribution in [0.25, 0.3) is 16.2 Å². The van der Waals surface area contributed by atoms with Crippen LogP contribution in [0.4, 0.5) is 10.9 Å². The van der Waals surface area contributed by atoms with Crippen molar-refractivity contribution in [3.63, 3.8) is 0 Å². The van der Waals surface area contributed by atoms with Crippen molar-refractivity contribution in [1.82, 2.24) is 23.9 Å². The van der Waals surface area contributed by atoms with Gasteiger partial charge < -0.3 is 15.3 Å². The highest BCUT2D eigenvalue weighted by molar-refractivity contribution is 7.15. The number of rotatable bonds is 5. The Bertz CT molecular complexity index is 1460. The molecular formula is C20H17N7O4S2. The first-order chi connectivity index (χ1) is 15.8. The Morgan fingerprint density at radius 2 is 2.03 bits per heavy atom. The van der Waals surface area contributed by atoms with Crippen molar-refractivity contribution in [3.05, 3.63) is 51.0 Å². The molecule has 0 aromatic carbocycles. The quantitative estimate of drug-likeness (QED) is 0.436. The van der Waals surface area contributed by atoms with Crippen molar-refractivity contribution in [2.45, 2.75) is 13.8 Å². The molecule has 4 aromatic rings. The van der Waals surface area contributed by atoms with E-state index in [4.69, 9.17) is 0 Å². The van der Waals surface area contributed by atoms with E-state index < -0.39 is 11.4 Å². The predicted octanol–water partition coefficient (Wildman–Crippen LogP) is 2.08. The molecule has 33 heavy (non-hydrogen) atoms. The molecule has 5 heterocycles. The van der Waals surface area contributed by atoms with E-state index in [2.05, 4.69) is 24.6 Å². The molecule has 1 amide bonds. The lowest BCUT2D eigenvalue weighted by molar-refractivity contribution is -0.120. The number of carboxylic acids is 1. The topological polar surface area (TPSA) is 143 Å². The number of nitrogens with zero attached hydrogens (tertiary/aromatic N) is 6. The van der Waals surface area contributed by atoms with Crippen molar-refractivity contribution >= 4 is 56.7 Å². The second-order valence-corrected chi connectivity index (χ2v) is 9.63. The van der Waals surface area contributed by atoms with E-state index >= 15 is 0 Å². The van der Waals surface area contributed by atoms with Crippen LogP contribution in [0, 0.1) is 19.8 Å². The van der Waals surface area contributed by atoms with Gasteiger partial charge in [-0.25, -0.2) is 19.7 Å². The summed E-state index contributed by atoms with van der Waals surface area (Å²) in [7, 11) is 0. The lowest BCUT2D eigenvalue weighted by Gasteiger charge is -2.39. The maximum atomic E-state index is 12.9. The Morgan fingerprint density at radius 1 is 1.24 bits per heavy atom. The fraction of sp³-hybridized carbons (Fsp3) is 0.250. The van der Waals surface area contributed by atoms with Gasteiger partial charge in [-0.1, -0.05) is 0 Å². The minimum Gasteiger partial charge on any atom is -0.477 e. The molecule has 1 aliphatic rings. The van der Waals surface area contributed by atoms with Crippen LogP contribution in [0.15, 0.2) is 29.6 Å². The van der Waals surface area contributed by atoms with Crippen molar-refractivity contribution in [2.75, 3.05) is 23.3 Å². The molecule has 0 saturated carbocycles. The molecule has 2 N–H and O–H groups in total. The molecule has 0 aliphatic carbocycles. The first-order valence-corrected chi connectivity index (χ1v) is 11.5. The van der Waals surface area contributed by atoms with Crippen molar-refractivity contribution < 1.29 is 14.7 Å². The molecule has 0 unspecified atom stereocenters. The van der Waals surface area contributed by atoms with Crippen LogP contribution in [-0.2, 0) is 4.79 Å². The zero-order valence-electron chi connectivity index (χ0n) is 17.5. The second-order valence-electron chi connectivity index (χ2n) is 7.63. The molecule has 0 radical (unpaired) electrons. The number of hydrogen-bond acceptors (Lipinski definition) is 10. The Balaban J connectivity index is 1.48. The lowest BCUT2D eigenvalue weighted by atomic mass is 9.99. The van der Waals surface area contributed by atoms with E-state index in [1.807, 2.05) is 11.8 Å². The minimum atomic E-state index is -1.32. The summed E-state index contributed by atoms with van der Waals surface area (Å²) in [5, 5.41) is 13.5. The second kappa shape index (κ2) is 8.01. The Hall–Kier alpha value is -3.71. The minimum absolute atomic E-state index is 0.102. The standard InChI is InChI=1S/C20H17N7O4S2/c1-9-3-13(26-5-11(6-26)17(29)25-19-21-4-10(2)32-19)24-16-14(9)15(28)12(18(30)31)7-27(16)20-22-8-23-33-20/h3-4,7-8,11H,5-6H2,1-2H3,(H,30,31)(H,21,25,29). The number of nitrogens with one attached hydrogen (secondary N) is 1. The van der Waals surface area contributed by atoms with E-state index in [1.165, 1.54) is 28.4 Å². The van der Waals surface area contributed by atoms with Crippen LogP contribution >= 0.6 is 22.9 Å². The summed E-state index contributed by atoms with van der Waals surface area (Å²) in [4.78, 5) is 52.9. The average molecular weight is 484 g/mol. The molecule has 11 nitrogen and oxygen atoms in total. The number of fused-ring (bicyclic) bond motifs is 1. The van der Waals surface area contributed by atoms with Gasteiger partial charge in [0.05, 0.1) is 11.3 Å². The molecule has 1 fully saturated rings. The average Bonchev–Trinajstić information content (AvgIpc) is 3.38. The summed E-state index contributed by atoms with van der Waals surface area (Å²) in [6.07, 6.45) is 4.29. The van der Waals surface area contributed by atoms with Gasteiger partial charge in [-0.15, -0.1) is 11.3 Å². The zero-order valence-corrected chi connectivity index (χ0v) is 19.1. The fourth-order valence-electron chi connectivity index (χ4n) is 3.66. The lowest BCUT2D eigenvalue weighted by Crippen LogP contribution is -2.52. The SMILES string of the molecule is Cc1cnc(NC(=O)C2CN(c3cc(C)c4c(=O)c(C(=O)O)cn(-c5ncns5)c4n3)C2)s1. The van der Waals surface area contributed by atoms with Crippen molar-refractivity contribution in [1.29, 1.82) is 0 Å². The summed E-state index contributed by atoms with van der Waals surface area (Å²) in [5.41, 5.74) is -0.0849. The van der Waals surface area contributed by atoms with Gasteiger partial charge in [0, 0.05) is 41.9 Å². The van der Waals surface area contributed by atoms with Crippen LogP contribution in [0.3, 0.4) is 0 Å². The number of hydrogen-bond donors (Lipinski definition) is 2. The van der Waals surface area contributed by atoms with Crippen LogP contribution in [-0.4, -0.2) is 54.0 Å². The fourth-order valence-corrected chi connectivity index (χ4v) is 4.84. The number of carbonyl (C=O) groups excluding carboxylic acids is 1. The highest BCUT2D eigenvalue weighted by Gasteiger charge is 2.34. The van der Waals surface area contributed by atoms with Crippen molar-refractivity contribution in [2.24, 2.45) is 5.92 Å². The van der Waals surface area contributed by atoms with E-state index in [0.717, 1.165) is 16.4 Å². The molecule has 1 aliphatic heterocycles. The number of aromatic nitrogens is 5. The van der Waals surface area contributed by atoms with Gasteiger partial charge in [0.1, 0.15) is 17.7 Å². The van der Waals surface area contributed by atoms with Crippen molar-refractivity contribution in [3.8, 4) is 5.13 Å². The van der Waals surface area contributed by atoms with Crippen LogP contribution in [0.5, 0.6) is 0 Å². The predicted molar refractivity (Wildman–Crippen MR) is 124 cm³/mol. The molecule has 0 spiro atoms. The number of pyridine rings is 2. The molecule has 0 atom stereocenters. The summed E-state index contributed by atoms with van der Waals surface area (Å²) in [6.45, 7) is 4.58. The Kier molecular flexibility index (Phi) is 5.13. The summed E-state index contributed by atoms with van der Waals surface area (Å²) >= 11 is 2.48. The third kappa shape index (κ3) is 3.74. The summed E-state index contributed by atoms with van der Waals surface area (Å²) in [6, 6.07) is 1.73. The van der Waals surface area contributed by atoms with E-state index in [1.54, 1.807) is 19.2 Å². The summed E-state index contributed by atoms with van der Waals surface area (Å²) in [5.74, 6) is -1.05. The molecule has 1 saturated heterocycles. The first-order valence-electron chi connectivity index (χ1n) is 9.87. The smallest absolute Gasteiger partial charge is 0.341 e. The van der Waals surface area contributed by atoms with E-state index in [9.17, 15) is 19.5 Å². The monoisotopic (exact) mass is 483 g/mol. The van der Waals surface area contributed by atoms with Gasteiger partial charge in [-0.3, -0.25) is 14.2 Å². The zero-order chi connectivity index (χ0) is 23.3. The number of aromatic carboxylic acids is 1. The number of carbonyl (C=O) groups is 2. The maximum Gasteiger partial charge on any atom is 0.341 e. The molecular weight excluding hydrogens is 466 g/mol. The Labute approximate surface area is 194 Å². The van der Waals surface area contributed by atoms with Gasteiger partial charge in [0.25, 0.3) is 0 Å². The third-order valence-electron chi connectivity index (χ3n) is 5.36. The molecule has 13 heteroatoms. The van der Waals surface area contributed by atoms with Crippen LogP contribution < -0.4 is 15.6 Å². The first kappa shape index (κ1) is 21.2. The van der Waals surface area contributed by atoms with Gasteiger partial charge in [-0.2, -0.15) is 4.37 Å². The molecule has 5 rings (SSSR count). The highest BCUT2D eigenvalue weighted by atomic mass is 32.1. The number of anilines is 2. The molecule has 168 valence electrons. The van der Waals surface area contributed by atoms with Gasteiger partial charge >= 0.3 is 5.97 Å². The van der Waals surface area contributed by atoms with Gasteiger partial charge in [0.2, 0.25) is 16.5 Å². The highest BCUT2D eigenvalue weighted by Crippen LogP contribution is 2.29. The van der Waals surface area contributed by atoms with E-state index in [0.29, 0.717) is 40.4 Å². The Morgan fingerprint density at radius 3 is 2.67 bits per heavy atom. The van der Waals surface area contributed by atoms with Crippen LogP contribution in [0.1, 0.15) is 20.8 Å².